The molecule has 0 bridgehead atoms. The summed E-state index contributed by atoms with van der Waals surface area (Å²) in [7, 11) is 1.79. The van der Waals surface area contributed by atoms with Crippen LogP contribution in [0.1, 0.15) is 47.8 Å². The zero-order chi connectivity index (χ0) is 22.1. The van der Waals surface area contributed by atoms with Crippen LogP contribution < -0.4 is 9.47 Å². The molecule has 5 heteroatoms. The second kappa shape index (κ2) is 11.3. The molecule has 2 aromatic carbocycles. The van der Waals surface area contributed by atoms with Crippen molar-refractivity contribution in [2.45, 2.75) is 46.6 Å². The highest BCUT2D eigenvalue weighted by molar-refractivity contribution is 6.03. The zero-order valence-corrected chi connectivity index (χ0v) is 18.9. The molecule has 0 spiro atoms. The molecule has 1 aromatic heterocycles. The zero-order valence-electron chi connectivity index (χ0n) is 18.9. The molecule has 1 heterocycles. The fourth-order valence-corrected chi connectivity index (χ4v) is 3.39. The number of benzene rings is 2. The molecule has 3 rings (SSSR count). The van der Waals surface area contributed by atoms with Crippen LogP contribution in [0.2, 0.25) is 0 Å². The number of unbranched alkanes of at least 4 members (excludes halogenated alkanes) is 1. The van der Waals surface area contributed by atoms with Crippen molar-refractivity contribution in [1.82, 2.24) is 9.97 Å². The van der Waals surface area contributed by atoms with Gasteiger partial charge in [0.2, 0.25) is 0 Å². The van der Waals surface area contributed by atoms with Crippen molar-refractivity contribution in [3.63, 3.8) is 0 Å². The van der Waals surface area contributed by atoms with Gasteiger partial charge in [-0.25, -0.2) is 9.97 Å². The minimum atomic E-state index is 0.354. The summed E-state index contributed by atoms with van der Waals surface area (Å²) < 4.78 is 12.1. The standard InChI is InChI=1S/C26H31N3O2/c1-5-6-12-23-26(20(3)28-18-29-23)24(27-4)17-31-25-15-22(14-13-19(25)2)30-16-21-10-8-7-9-11-21/h7-11,13-15,18H,5-6,12,16-17H2,1-4H3. The van der Waals surface area contributed by atoms with Crippen LogP contribution in [0.15, 0.2) is 59.9 Å². The first-order chi connectivity index (χ1) is 15.1. The third-order valence-corrected chi connectivity index (χ3v) is 5.21. The lowest BCUT2D eigenvalue weighted by Crippen LogP contribution is -2.18. The molecule has 162 valence electrons. The van der Waals surface area contributed by atoms with Crippen molar-refractivity contribution in [2.24, 2.45) is 4.99 Å². The van der Waals surface area contributed by atoms with Crippen molar-refractivity contribution in [2.75, 3.05) is 13.7 Å². The number of aromatic nitrogens is 2. The van der Waals surface area contributed by atoms with E-state index in [0.717, 1.165) is 64.6 Å². The largest absolute Gasteiger partial charge is 0.489 e. The molecular formula is C26H31N3O2. The molecule has 0 amide bonds. The fourth-order valence-electron chi connectivity index (χ4n) is 3.39. The van der Waals surface area contributed by atoms with Gasteiger partial charge < -0.3 is 9.47 Å². The summed E-state index contributed by atoms with van der Waals surface area (Å²) in [6.07, 6.45) is 4.75. The summed E-state index contributed by atoms with van der Waals surface area (Å²) in [6.45, 7) is 7.09. The van der Waals surface area contributed by atoms with E-state index in [-0.39, 0.29) is 0 Å². The predicted molar refractivity (Wildman–Crippen MR) is 125 cm³/mol. The van der Waals surface area contributed by atoms with Gasteiger partial charge in [0, 0.05) is 18.7 Å². The molecule has 0 aliphatic rings. The number of hydrogen-bond acceptors (Lipinski definition) is 5. The Balaban J connectivity index is 1.72. The first-order valence-electron chi connectivity index (χ1n) is 10.8. The lowest BCUT2D eigenvalue weighted by Gasteiger charge is -2.16. The molecule has 0 saturated heterocycles. The van der Waals surface area contributed by atoms with Crippen molar-refractivity contribution in [3.05, 3.63) is 82.9 Å². The molecule has 0 radical (unpaired) electrons. The van der Waals surface area contributed by atoms with Crippen LogP contribution in [0.5, 0.6) is 11.5 Å². The fraction of sp³-hybridized carbons (Fsp3) is 0.346. The molecule has 0 unspecified atom stereocenters. The van der Waals surface area contributed by atoms with E-state index in [1.807, 2.05) is 50.2 Å². The maximum absolute atomic E-state index is 6.19. The van der Waals surface area contributed by atoms with Gasteiger partial charge in [-0.15, -0.1) is 0 Å². The summed E-state index contributed by atoms with van der Waals surface area (Å²) in [5, 5.41) is 0. The quantitative estimate of drug-likeness (QED) is 0.408. The van der Waals surface area contributed by atoms with E-state index < -0.39 is 0 Å². The Morgan fingerprint density at radius 2 is 1.81 bits per heavy atom. The van der Waals surface area contributed by atoms with Crippen molar-refractivity contribution < 1.29 is 9.47 Å². The molecule has 0 N–H and O–H groups in total. The molecule has 0 fully saturated rings. The molecule has 0 aliphatic heterocycles. The van der Waals surface area contributed by atoms with Gasteiger partial charge in [0.05, 0.1) is 17.1 Å². The smallest absolute Gasteiger partial charge is 0.130 e. The highest BCUT2D eigenvalue weighted by Gasteiger charge is 2.15. The van der Waals surface area contributed by atoms with Gasteiger partial charge in [-0.2, -0.15) is 0 Å². The van der Waals surface area contributed by atoms with Gasteiger partial charge in [-0.3, -0.25) is 4.99 Å². The number of ether oxygens (including phenoxy) is 2. The number of aliphatic imine (C=N–C) groups is 1. The van der Waals surface area contributed by atoms with E-state index in [2.05, 4.69) is 34.0 Å². The van der Waals surface area contributed by atoms with Crippen LogP contribution in [0.25, 0.3) is 0 Å². The first kappa shape index (κ1) is 22.5. The molecule has 0 saturated carbocycles. The lowest BCUT2D eigenvalue weighted by molar-refractivity contribution is 0.302. The number of hydrogen-bond donors (Lipinski definition) is 0. The van der Waals surface area contributed by atoms with E-state index in [1.165, 1.54) is 0 Å². The van der Waals surface area contributed by atoms with Crippen molar-refractivity contribution in [1.29, 1.82) is 0 Å². The Morgan fingerprint density at radius 3 is 2.55 bits per heavy atom. The highest BCUT2D eigenvalue weighted by atomic mass is 16.5. The number of aryl methyl sites for hydroxylation is 3. The summed E-state index contributed by atoms with van der Waals surface area (Å²) >= 11 is 0. The van der Waals surface area contributed by atoms with Crippen LogP contribution in [-0.4, -0.2) is 29.3 Å². The summed E-state index contributed by atoms with van der Waals surface area (Å²) in [4.78, 5) is 13.4. The van der Waals surface area contributed by atoms with Gasteiger partial charge >= 0.3 is 0 Å². The summed E-state index contributed by atoms with van der Waals surface area (Å²) in [5.41, 5.74) is 6.02. The SMILES string of the molecule is CCCCc1ncnc(C)c1C(COc1cc(OCc2ccccc2)ccc1C)=NC. The van der Waals surface area contributed by atoms with Crippen LogP contribution in [0, 0.1) is 13.8 Å². The molecule has 0 atom stereocenters. The van der Waals surface area contributed by atoms with Gasteiger partial charge in [-0.1, -0.05) is 49.7 Å². The van der Waals surface area contributed by atoms with Gasteiger partial charge in [0.1, 0.15) is 31.0 Å². The third kappa shape index (κ3) is 6.14. The normalized spacial score (nSPS) is 11.4. The van der Waals surface area contributed by atoms with Crippen molar-refractivity contribution in [3.8, 4) is 11.5 Å². The maximum atomic E-state index is 6.19. The summed E-state index contributed by atoms with van der Waals surface area (Å²) in [5.74, 6) is 1.57. The second-order valence-electron chi connectivity index (χ2n) is 7.54. The van der Waals surface area contributed by atoms with Crippen LogP contribution in [-0.2, 0) is 13.0 Å². The Bertz CT molecular complexity index is 1020. The van der Waals surface area contributed by atoms with E-state index >= 15 is 0 Å². The van der Waals surface area contributed by atoms with E-state index in [9.17, 15) is 0 Å². The Hall–Kier alpha value is -3.21. The minimum Gasteiger partial charge on any atom is -0.489 e. The highest BCUT2D eigenvalue weighted by Crippen LogP contribution is 2.25. The molecule has 31 heavy (non-hydrogen) atoms. The van der Waals surface area contributed by atoms with Crippen LogP contribution in [0.4, 0.5) is 0 Å². The Labute approximate surface area is 185 Å². The van der Waals surface area contributed by atoms with Crippen LogP contribution >= 0.6 is 0 Å². The molecule has 5 nitrogen and oxygen atoms in total. The minimum absolute atomic E-state index is 0.354. The molecule has 0 aliphatic carbocycles. The first-order valence-corrected chi connectivity index (χ1v) is 10.8. The van der Waals surface area contributed by atoms with Crippen LogP contribution in [0.3, 0.4) is 0 Å². The van der Waals surface area contributed by atoms with Gasteiger partial charge in [0.15, 0.2) is 0 Å². The Morgan fingerprint density at radius 1 is 1.00 bits per heavy atom. The molecule has 3 aromatic rings. The summed E-state index contributed by atoms with van der Waals surface area (Å²) in [6, 6.07) is 16.1. The monoisotopic (exact) mass is 417 g/mol. The second-order valence-corrected chi connectivity index (χ2v) is 7.54. The van der Waals surface area contributed by atoms with E-state index in [4.69, 9.17) is 9.47 Å². The van der Waals surface area contributed by atoms with Gasteiger partial charge in [0.25, 0.3) is 0 Å². The van der Waals surface area contributed by atoms with Gasteiger partial charge in [-0.05, 0) is 43.9 Å². The maximum Gasteiger partial charge on any atom is 0.130 e. The third-order valence-electron chi connectivity index (χ3n) is 5.21. The number of rotatable bonds is 10. The lowest BCUT2D eigenvalue weighted by atomic mass is 10.0. The average Bonchev–Trinajstić information content (AvgIpc) is 2.80. The topological polar surface area (TPSA) is 56.6 Å². The Kier molecular flexibility index (Phi) is 8.16. The number of nitrogens with zero attached hydrogens (tertiary/aromatic N) is 3. The molecular weight excluding hydrogens is 386 g/mol. The predicted octanol–water partition coefficient (Wildman–Crippen LogP) is 5.51. The van der Waals surface area contributed by atoms with E-state index in [1.54, 1.807) is 13.4 Å². The van der Waals surface area contributed by atoms with Crippen molar-refractivity contribution >= 4 is 5.71 Å². The average molecular weight is 418 g/mol. The van der Waals surface area contributed by atoms with E-state index in [0.29, 0.717) is 13.2 Å².